The number of hydrogen-bond donors (Lipinski definition) is 3. The number of nitrogens with zero attached hydrogens (tertiary/aromatic N) is 15. The van der Waals surface area contributed by atoms with E-state index in [0.29, 0.717) is 93.2 Å². The molecule has 0 bridgehead atoms. The van der Waals surface area contributed by atoms with Crippen LogP contribution in [0.4, 0.5) is 13.2 Å². The first-order valence-electron chi connectivity index (χ1n) is 32.3. The van der Waals surface area contributed by atoms with Crippen molar-refractivity contribution in [3.05, 3.63) is 213 Å². The van der Waals surface area contributed by atoms with Gasteiger partial charge in [0.2, 0.25) is 15.8 Å². The maximum Gasteiger partial charge on any atom is 0.451 e. The van der Waals surface area contributed by atoms with Crippen molar-refractivity contribution in [1.82, 2.24) is 71.9 Å². The third kappa shape index (κ3) is 13.8. The first-order valence-corrected chi connectivity index (χ1v) is 34.2. The van der Waals surface area contributed by atoms with E-state index >= 15 is 0 Å². The summed E-state index contributed by atoms with van der Waals surface area (Å²) in [7, 11) is -3.25. The Morgan fingerprint density at radius 3 is 1.27 bits per heavy atom. The highest BCUT2D eigenvalue weighted by molar-refractivity contribution is 7.88. The van der Waals surface area contributed by atoms with Gasteiger partial charge in [0.05, 0.1) is 31.4 Å². The average molecular weight is 1350 g/mol. The molecule has 0 radical (unpaired) electrons. The Bertz CT molecular complexity index is 4970. The second-order valence-corrected chi connectivity index (χ2v) is 27.2. The summed E-state index contributed by atoms with van der Waals surface area (Å²) < 4.78 is 70.7. The molecule has 6 N–H and O–H groups in total. The van der Waals surface area contributed by atoms with Crippen LogP contribution in [-0.4, -0.2) is 150 Å². The maximum atomic E-state index is 13.4. The Kier molecular flexibility index (Phi) is 19.3. The molecule has 0 unspecified atom stereocenters. The molecule has 3 amide bonds. The Labute approximate surface area is 564 Å². The molecule has 0 aliphatic carbocycles. The van der Waals surface area contributed by atoms with Gasteiger partial charge < -0.3 is 36.5 Å². The van der Waals surface area contributed by atoms with Crippen LogP contribution < -0.4 is 17.2 Å². The third-order valence-corrected chi connectivity index (χ3v) is 19.9. The topological polar surface area (TPSA) is 285 Å². The van der Waals surface area contributed by atoms with E-state index in [1.165, 1.54) is 38.3 Å². The minimum absolute atomic E-state index is 0.00186. The Morgan fingerprint density at radius 2 is 0.888 bits per heavy atom. The molecule has 14 rings (SSSR count). The fraction of sp³-hybridized carbons (Fsp3) is 0.324. The first kappa shape index (κ1) is 67.9. The van der Waals surface area contributed by atoms with Crippen molar-refractivity contribution in [2.75, 3.05) is 52.1 Å². The van der Waals surface area contributed by atoms with E-state index in [1.807, 2.05) is 78.1 Å². The monoisotopic (exact) mass is 1350 g/mol. The molecule has 3 aromatic carbocycles. The number of piperidine rings is 1. The van der Waals surface area contributed by atoms with Gasteiger partial charge in [-0.15, -0.1) is 10.2 Å². The molecule has 508 valence electrons. The molecule has 2 saturated heterocycles. The van der Waals surface area contributed by atoms with Gasteiger partial charge in [0, 0.05) is 126 Å². The predicted octanol–water partition coefficient (Wildman–Crippen LogP) is 9.02. The van der Waals surface area contributed by atoms with E-state index in [1.54, 1.807) is 38.5 Å². The number of pyridine rings is 3. The van der Waals surface area contributed by atoms with Crippen LogP contribution in [0.15, 0.2) is 128 Å². The number of aromatic nitrogens is 11. The molecule has 3 aliphatic heterocycles. The second kappa shape index (κ2) is 27.8. The van der Waals surface area contributed by atoms with Gasteiger partial charge >= 0.3 is 6.18 Å². The fourth-order valence-corrected chi connectivity index (χ4v) is 14.2. The van der Waals surface area contributed by atoms with Gasteiger partial charge in [0.1, 0.15) is 39.8 Å². The van der Waals surface area contributed by atoms with Crippen molar-refractivity contribution < 1.29 is 36.0 Å². The SMILES string of the molecule is Cc1ccc(-c2cn3c(C(=O)N4CCC(c5ncccn5)CC4)cnc3cc2CN)c(C)c1.Cc1ccc(-c2cn3c(C(=O)N4CCN(S(C)(=O)=O)CC4)cnc3cc2CN)c(C)c1.Cc1ccc(-c2cn3c(C(=O)N4CCn5c(nnc5C(F)(F)F)C4)cnc3cc2CN)c(C)c1. The minimum Gasteiger partial charge on any atom is -0.337 e. The van der Waals surface area contributed by atoms with Crippen LogP contribution in [0.3, 0.4) is 0 Å². The zero-order valence-electron chi connectivity index (χ0n) is 55.6. The molecule has 11 heterocycles. The number of fused-ring (bicyclic) bond motifs is 4. The summed E-state index contributed by atoms with van der Waals surface area (Å²) in [5.41, 5.74) is 37.4. The van der Waals surface area contributed by atoms with E-state index in [-0.39, 0.29) is 43.2 Å². The molecule has 0 spiro atoms. The number of aryl methyl sites for hydroxylation is 6. The number of rotatable bonds is 11. The van der Waals surface area contributed by atoms with Gasteiger partial charge in [0.25, 0.3) is 17.7 Å². The lowest BCUT2D eigenvalue weighted by Crippen LogP contribution is -2.50. The quantitative estimate of drug-likeness (QED) is 0.109. The zero-order valence-corrected chi connectivity index (χ0v) is 56.4. The van der Waals surface area contributed by atoms with Crippen molar-refractivity contribution in [2.24, 2.45) is 17.2 Å². The lowest BCUT2D eigenvalue weighted by atomic mass is 9.95. The van der Waals surface area contributed by atoms with Crippen molar-refractivity contribution in [3.8, 4) is 33.4 Å². The number of sulfonamides is 1. The fourth-order valence-electron chi connectivity index (χ4n) is 13.4. The van der Waals surface area contributed by atoms with Crippen LogP contribution in [0, 0.1) is 41.5 Å². The summed E-state index contributed by atoms with van der Waals surface area (Å²) in [5.74, 6) is -0.288. The van der Waals surface area contributed by atoms with Gasteiger partial charge in [-0.05, 0) is 129 Å². The number of likely N-dealkylation sites (tertiary alicyclic amines) is 1. The van der Waals surface area contributed by atoms with Crippen LogP contribution in [0.5, 0.6) is 0 Å². The van der Waals surface area contributed by atoms with Crippen molar-refractivity contribution >= 4 is 44.7 Å². The molecule has 0 saturated carbocycles. The van der Waals surface area contributed by atoms with Crippen LogP contribution in [0.1, 0.15) is 118 Å². The third-order valence-electron chi connectivity index (χ3n) is 18.6. The number of benzene rings is 3. The smallest absolute Gasteiger partial charge is 0.337 e. The maximum absolute atomic E-state index is 13.4. The van der Waals surface area contributed by atoms with Gasteiger partial charge in [-0.1, -0.05) is 71.3 Å². The molecule has 27 heteroatoms. The molecule has 0 atom stereocenters. The summed E-state index contributed by atoms with van der Waals surface area (Å²) in [6.07, 6.45) is 12.4. The van der Waals surface area contributed by atoms with Crippen LogP contribution >= 0.6 is 0 Å². The lowest BCUT2D eigenvalue weighted by molar-refractivity contribution is -0.147. The Morgan fingerprint density at radius 1 is 0.500 bits per heavy atom. The largest absolute Gasteiger partial charge is 0.451 e. The number of halogens is 3. The number of imidazole rings is 3. The van der Waals surface area contributed by atoms with Crippen LogP contribution in [-0.2, 0) is 48.9 Å². The van der Waals surface area contributed by atoms with E-state index in [9.17, 15) is 36.0 Å². The van der Waals surface area contributed by atoms with Crippen LogP contribution in [0.25, 0.3) is 50.3 Å². The van der Waals surface area contributed by atoms with Gasteiger partial charge in [0.15, 0.2) is 5.82 Å². The standard InChI is InChI=1S/C26H28N6O.C23H22F3N7O.C22H27N5O3S/c1-17-4-5-21(18(2)12-17)22-16-32-23(15-30-24(32)13-20(22)14-27)26(33)31-10-6-19(7-11-31)25-28-8-3-9-29-25;1-13-3-4-16(14(2)7-13)17-11-33-18(10-28-19(33)8-15(17)9-27)21(34)31-5-6-32-20(12-31)29-30-22(32)23(24,25)26;1-15-4-5-18(16(2)10-15)19-14-27-20(13-24-21(27)11-17(19)12-23)22(28)25-6-8-26(9-7-25)31(3,29)30/h3-5,8-9,12-13,15-16,19H,6-7,10-11,14,27H2,1-2H3;3-4,7-8,10-11H,5-6,9,12,27H2,1-2H3;4-5,10-11,13-14H,6-9,12,23H2,1-3H3. The summed E-state index contributed by atoms with van der Waals surface area (Å²) >= 11 is 0. The highest BCUT2D eigenvalue weighted by Gasteiger charge is 2.40. The van der Waals surface area contributed by atoms with Crippen molar-refractivity contribution in [2.45, 2.75) is 99.2 Å². The summed E-state index contributed by atoms with van der Waals surface area (Å²) in [5, 5.41) is 6.93. The second-order valence-electron chi connectivity index (χ2n) is 25.3. The van der Waals surface area contributed by atoms with E-state index < -0.39 is 22.0 Å². The molecular formula is C71H77F3N18O5S. The van der Waals surface area contributed by atoms with E-state index in [4.69, 9.17) is 17.2 Å². The highest BCUT2D eigenvalue weighted by atomic mass is 32.2. The molecule has 8 aromatic heterocycles. The van der Waals surface area contributed by atoms with Crippen molar-refractivity contribution in [1.29, 1.82) is 0 Å². The Balaban J connectivity index is 0.000000140. The van der Waals surface area contributed by atoms with Crippen molar-refractivity contribution in [3.63, 3.8) is 0 Å². The lowest BCUT2D eigenvalue weighted by Gasteiger charge is -2.33. The number of amides is 3. The number of piperazine rings is 1. The Hall–Kier alpha value is -10.1. The molecule has 3 aliphatic rings. The summed E-state index contributed by atoms with van der Waals surface area (Å²) in [4.78, 5) is 67.2. The summed E-state index contributed by atoms with van der Waals surface area (Å²) in [6, 6.07) is 26.4. The average Bonchev–Trinajstić information content (AvgIpc) is 1.55. The van der Waals surface area contributed by atoms with Gasteiger partial charge in [-0.3, -0.25) is 27.6 Å². The number of alkyl halides is 3. The number of carbonyl (C=O) groups excluding carboxylic acids is 3. The summed E-state index contributed by atoms with van der Waals surface area (Å²) in [6.45, 7) is 16.1. The van der Waals surface area contributed by atoms with Gasteiger partial charge in [-0.2, -0.15) is 17.5 Å². The highest BCUT2D eigenvalue weighted by Crippen LogP contribution is 2.35. The number of carbonyl (C=O) groups is 3. The minimum atomic E-state index is -4.59. The van der Waals surface area contributed by atoms with Gasteiger partial charge in [-0.25, -0.2) is 33.3 Å². The molecule has 98 heavy (non-hydrogen) atoms. The number of hydrogen-bond acceptors (Lipinski definition) is 15. The molecule has 23 nitrogen and oxygen atoms in total. The number of nitrogens with two attached hydrogens (primary N) is 3. The van der Waals surface area contributed by atoms with E-state index in [2.05, 4.69) is 105 Å². The zero-order chi connectivity index (χ0) is 69.5. The predicted molar refractivity (Wildman–Crippen MR) is 366 cm³/mol. The van der Waals surface area contributed by atoms with Crippen LogP contribution in [0.2, 0.25) is 0 Å². The normalized spacial score (nSPS) is 14.7. The van der Waals surface area contributed by atoms with E-state index in [0.717, 1.165) is 95.6 Å². The molecular weight excluding hydrogens is 1270 g/mol. The molecule has 11 aromatic rings. The molecule has 2 fully saturated rings. The first-order chi connectivity index (χ1) is 46.9.